The fourth-order valence-electron chi connectivity index (χ4n) is 2.12. The molecule has 2 N–H and O–H groups in total. The second-order valence-corrected chi connectivity index (χ2v) is 5.39. The van der Waals surface area contributed by atoms with Crippen molar-refractivity contribution in [3.8, 4) is 0 Å². The molecule has 2 rings (SSSR count). The zero-order valence-corrected chi connectivity index (χ0v) is 13.8. The summed E-state index contributed by atoms with van der Waals surface area (Å²) in [5, 5.41) is 26.7. The number of nitro benzene ring substituents is 1. The number of carbonyl (C=O) groups excluding carboxylic acids is 2. The Hall–Kier alpha value is -3.33. The van der Waals surface area contributed by atoms with Crippen LogP contribution < -0.4 is 15.7 Å². The van der Waals surface area contributed by atoms with Gasteiger partial charge < -0.3 is 15.2 Å². The van der Waals surface area contributed by atoms with Crippen molar-refractivity contribution in [2.75, 3.05) is 5.32 Å². The minimum atomic E-state index is -1.34. The Morgan fingerprint density at radius 2 is 1.84 bits per heavy atom. The second kappa shape index (κ2) is 7.49. The Kier molecular flexibility index (Phi) is 5.40. The smallest absolute Gasteiger partial charge is 0.273 e. The van der Waals surface area contributed by atoms with Gasteiger partial charge in [0.15, 0.2) is 5.11 Å². The minimum Gasteiger partial charge on any atom is -0.545 e. The Balaban J connectivity index is 2.12. The molecule has 0 unspecified atom stereocenters. The van der Waals surface area contributed by atoms with E-state index in [9.17, 15) is 24.8 Å². The highest BCUT2D eigenvalue weighted by molar-refractivity contribution is 7.80. The number of carbonyl (C=O) groups is 2. The van der Waals surface area contributed by atoms with E-state index in [1.165, 1.54) is 43.3 Å². The van der Waals surface area contributed by atoms with Crippen molar-refractivity contribution in [3.63, 3.8) is 0 Å². The summed E-state index contributed by atoms with van der Waals surface area (Å²) in [5.41, 5.74) is 0.457. The lowest BCUT2D eigenvalue weighted by molar-refractivity contribution is -0.385. The highest BCUT2D eigenvalue weighted by Gasteiger charge is 2.18. The second-order valence-electron chi connectivity index (χ2n) is 4.98. The summed E-state index contributed by atoms with van der Waals surface area (Å²) < 4.78 is 0. The molecule has 0 saturated carbocycles. The molecule has 0 radical (unpaired) electrons. The topological polar surface area (TPSA) is 124 Å². The quantitative estimate of drug-likeness (QED) is 0.481. The fourth-order valence-corrected chi connectivity index (χ4v) is 2.33. The lowest BCUT2D eigenvalue weighted by atomic mass is 10.1. The van der Waals surface area contributed by atoms with Crippen LogP contribution in [0.3, 0.4) is 0 Å². The molecule has 0 aliphatic heterocycles. The van der Waals surface area contributed by atoms with Crippen LogP contribution in [-0.4, -0.2) is 21.9 Å². The van der Waals surface area contributed by atoms with Gasteiger partial charge >= 0.3 is 0 Å². The molecule has 8 nitrogen and oxygen atoms in total. The molecular weight excluding hydrogens is 346 g/mol. The zero-order valence-electron chi connectivity index (χ0n) is 12.9. The maximum Gasteiger partial charge on any atom is 0.273 e. The largest absolute Gasteiger partial charge is 0.545 e. The molecule has 9 heteroatoms. The van der Waals surface area contributed by atoms with Crippen LogP contribution in [0.4, 0.5) is 11.4 Å². The molecule has 0 bridgehead atoms. The van der Waals surface area contributed by atoms with E-state index in [1.54, 1.807) is 6.07 Å². The number of nitrogens with zero attached hydrogens (tertiary/aromatic N) is 1. The molecule has 0 spiro atoms. The Morgan fingerprint density at radius 1 is 1.16 bits per heavy atom. The van der Waals surface area contributed by atoms with Gasteiger partial charge in [-0.25, -0.2) is 0 Å². The van der Waals surface area contributed by atoms with E-state index in [0.717, 1.165) is 0 Å². The van der Waals surface area contributed by atoms with Crippen molar-refractivity contribution in [3.05, 3.63) is 69.3 Å². The predicted molar refractivity (Wildman–Crippen MR) is 92.3 cm³/mol. The highest BCUT2D eigenvalue weighted by atomic mass is 32.1. The summed E-state index contributed by atoms with van der Waals surface area (Å²) in [6.45, 7) is 1.47. The van der Waals surface area contributed by atoms with Gasteiger partial charge in [0, 0.05) is 22.9 Å². The first-order valence-electron chi connectivity index (χ1n) is 6.97. The van der Waals surface area contributed by atoms with Gasteiger partial charge in [0.05, 0.1) is 10.9 Å². The molecule has 0 aliphatic rings. The fraction of sp³-hybridized carbons (Fsp3) is 0.0625. The summed E-state index contributed by atoms with van der Waals surface area (Å²) in [6.07, 6.45) is 0. The van der Waals surface area contributed by atoms with E-state index in [4.69, 9.17) is 12.2 Å². The zero-order chi connectivity index (χ0) is 18.6. The molecule has 25 heavy (non-hydrogen) atoms. The van der Waals surface area contributed by atoms with Gasteiger partial charge in [-0.1, -0.05) is 18.2 Å². The number of benzene rings is 2. The number of hydrogen-bond acceptors (Lipinski definition) is 6. The number of nitrogens with one attached hydrogen (secondary N) is 2. The Bertz CT molecular complexity index is 882. The number of nitro groups is 1. The maximum atomic E-state index is 12.3. The molecule has 0 saturated heterocycles. The number of amides is 1. The molecule has 1 amide bonds. The van der Waals surface area contributed by atoms with Gasteiger partial charge in [0.2, 0.25) is 0 Å². The predicted octanol–water partition coefficient (Wildman–Crippen LogP) is 1.39. The number of aromatic carboxylic acids is 1. The van der Waals surface area contributed by atoms with Crippen molar-refractivity contribution in [1.82, 2.24) is 5.32 Å². The molecule has 0 heterocycles. The number of carboxylic acid groups (broad SMARTS) is 1. The van der Waals surface area contributed by atoms with Crippen LogP contribution in [-0.2, 0) is 0 Å². The van der Waals surface area contributed by atoms with E-state index in [-0.39, 0.29) is 27.5 Å². The summed E-state index contributed by atoms with van der Waals surface area (Å²) >= 11 is 5.01. The molecule has 0 aliphatic carbocycles. The Labute approximate surface area is 147 Å². The monoisotopic (exact) mass is 358 g/mol. The first-order valence-corrected chi connectivity index (χ1v) is 7.38. The van der Waals surface area contributed by atoms with Crippen LogP contribution >= 0.6 is 12.2 Å². The van der Waals surface area contributed by atoms with Crippen LogP contribution in [0.2, 0.25) is 0 Å². The molecule has 128 valence electrons. The third kappa shape index (κ3) is 4.36. The van der Waals surface area contributed by atoms with Crippen LogP contribution in [0, 0.1) is 17.0 Å². The lowest BCUT2D eigenvalue weighted by Gasteiger charge is -2.12. The SMILES string of the molecule is Cc1c(C(=O)NC(=S)Nc2cccc(C(=O)[O-])c2)cccc1[N+](=O)[O-]. The van der Waals surface area contributed by atoms with Crippen molar-refractivity contribution in [2.45, 2.75) is 6.92 Å². The Morgan fingerprint density at radius 3 is 2.48 bits per heavy atom. The number of thiocarbonyl (C=S) groups is 1. The van der Waals surface area contributed by atoms with E-state index >= 15 is 0 Å². The van der Waals surface area contributed by atoms with Gasteiger partial charge in [-0.3, -0.25) is 20.2 Å². The average molecular weight is 358 g/mol. The third-order valence-corrected chi connectivity index (χ3v) is 3.53. The van der Waals surface area contributed by atoms with Gasteiger partial charge in [-0.2, -0.15) is 0 Å². The van der Waals surface area contributed by atoms with E-state index in [0.29, 0.717) is 5.69 Å². The summed E-state index contributed by atoms with van der Waals surface area (Å²) in [4.78, 5) is 33.4. The summed E-state index contributed by atoms with van der Waals surface area (Å²) in [5.74, 6) is -1.96. The number of rotatable bonds is 4. The molecule has 2 aromatic rings. The molecule has 2 aromatic carbocycles. The average Bonchev–Trinajstić information content (AvgIpc) is 2.54. The molecular formula is C16H12N3O5S-. The van der Waals surface area contributed by atoms with Gasteiger partial charge in [0.1, 0.15) is 0 Å². The maximum absolute atomic E-state index is 12.3. The van der Waals surface area contributed by atoms with Crippen LogP contribution in [0.5, 0.6) is 0 Å². The molecule has 0 atom stereocenters. The summed E-state index contributed by atoms with van der Waals surface area (Å²) in [6, 6.07) is 9.85. The molecule has 0 fully saturated rings. The first kappa shape index (κ1) is 18.0. The van der Waals surface area contributed by atoms with Crippen molar-refractivity contribution < 1.29 is 19.6 Å². The number of anilines is 1. The van der Waals surface area contributed by atoms with Gasteiger partial charge in [-0.05, 0) is 42.9 Å². The van der Waals surface area contributed by atoms with Gasteiger partial charge in [-0.15, -0.1) is 0 Å². The lowest BCUT2D eigenvalue weighted by Crippen LogP contribution is -2.34. The van der Waals surface area contributed by atoms with Crippen molar-refractivity contribution >= 4 is 40.6 Å². The van der Waals surface area contributed by atoms with Gasteiger partial charge in [0.25, 0.3) is 11.6 Å². The first-order chi connectivity index (χ1) is 11.8. The number of hydrogen-bond donors (Lipinski definition) is 2. The van der Waals surface area contributed by atoms with E-state index in [1.807, 2.05) is 0 Å². The normalized spacial score (nSPS) is 9.96. The van der Waals surface area contributed by atoms with Crippen molar-refractivity contribution in [2.24, 2.45) is 0 Å². The number of carboxylic acids is 1. The molecule has 0 aromatic heterocycles. The van der Waals surface area contributed by atoms with Crippen LogP contribution in [0.15, 0.2) is 42.5 Å². The third-order valence-electron chi connectivity index (χ3n) is 3.33. The van der Waals surface area contributed by atoms with E-state index in [2.05, 4.69) is 10.6 Å². The van der Waals surface area contributed by atoms with Crippen LogP contribution in [0.1, 0.15) is 26.3 Å². The highest BCUT2D eigenvalue weighted by Crippen LogP contribution is 2.21. The van der Waals surface area contributed by atoms with E-state index < -0.39 is 16.8 Å². The standard InChI is InChI=1S/C16H13N3O5S/c1-9-12(6-3-7-13(9)19(23)24)14(20)18-16(25)17-11-5-2-4-10(8-11)15(21)22/h2-8H,1H3,(H,21,22)(H2,17,18,20,25)/p-1. The minimum absolute atomic E-state index is 0.0475. The van der Waals surface area contributed by atoms with Crippen molar-refractivity contribution in [1.29, 1.82) is 0 Å². The van der Waals surface area contributed by atoms with Crippen LogP contribution in [0.25, 0.3) is 0 Å². The summed E-state index contributed by atoms with van der Waals surface area (Å²) in [7, 11) is 0.